The molecule has 0 bridgehead atoms. The number of carbonyl (C=O) groups excluding carboxylic acids is 2. The maximum absolute atomic E-state index is 12.6. The Labute approximate surface area is 200 Å². The third-order valence-corrected chi connectivity index (χ3v) is 6.33. The number of nitrogens with zero attached hydrogens (tertiary/aromatic N) is 1. The van der Waals surface area contributed by atoms with Gasteiger partial charge in [-0.3, -0.25) is 9.59 Å². The highest BCUT2D eigenvalue weighted by Crippen LogP contribution is 2.24. The van der Waals surface area contributed by atoms with Gasteiger partial charge in [0.1, 0.15) is 11.9 Å². The molecule has 2 heterocycles. The summed E-state index contributed by atoms with van der Waals surface area (Å²) in [4.78, 5) is 34.2. The van der Waals surface area contributed by atoms with Gasteiger partial charge in [0.15, 0.2) is 6.29 Å². The van der Waals surface area contributed by atoms with E-state index in [1.54, 1.807) is 18.3 Å². The van der Waals surface area contributed by atoms with Gasteiger partial charge in [-0.2, -0.15) is 0 Å². The fourth-order valence-corrected chi connectivity index (χ4v) is 4.29. The Kier molecular flexibility index (Phi) is 10.4. The number of pyridine rings is 1. The maximum atomic E-state index is 12.6. The van der Waals surface area contributed by atoms with Gasteiger partial charge in [-0.05, 0) is 55.7 Å². The largest absolute Gasteiger partial charge is 0.357 e. The normalized spacial score (nSPS) is 20.4. The van der Waals surface area contributed by atoms with Crippen LogP contribution in [0.25, 0.3) is 6.08 Å². The number of ether oxygens (including phenoxy) is 1. The van der Waals surface area contributed by atoms with Crippen LogP contribution in [0, 0.1) is 5.92 Å². The van der Waals surface area contributed by atoms with Gasteiger partial charge in [-0.1, -0.05) is 37.8 Å². The first-order valence-corrected chi connectivity index (χ1v) is 12.4. The lowest BCUT2D eigenvalue weighted by atomic mass is 9.89. The lowest BCUT2D eigenvalue weighted by Gasteiger charge is -2.24. The Hall–Kier alpha value is -2.16. The van der Waals surface area contributed by atoms with Crippen LogP contribution < -0.4 is 16.1 Å². The van der Waals surface area contributed by atoms with Crippen molar-refractivity contribution in [2.75, 3.05) is 18.5 Å². The molecule has 0 spiro atoms. The SMILES string of the molecule is CC[C@@H](Nc1ncc(/C=C/C(=O)NOC2CCCCO2)cc1Cl)C(=O)NCC1CCCCC1. The number of hydrogen-bond acceptors (Lipinski definition) is 6. The van der Waals surface area contributed by atoms with Crippen molar-refractivity contribution >= 4 is 35.3 Å². The molecule has 3 N–H and O–H groups in total. The molecular weight excluding hydrogens is 444 g/mol. The molecule has 2 fully saturated rings. The van der Waals surface area contributed by atoms with Crippen molar-refractivity contribution in [1.82, 2.24) is 15.8 Å². The van der Waals surface area contributed by atoms with Gasteiger partial charge in [0.2, 0.25) is 5.91 Å². The third kappa shape index (κ3) is 8.61. The minimum atomic E-state index is -0.412. The Morgan fingerprint density at radius 2 is 2.03 bits per heavy atom. The molecule has 1 aromatic heterocycles. The molecule has 0 aromatic carbocycles. The Morgan fingerprint density at radius 3 is 2.73 bits per heavy atom. The Balaban J connectivity index is 1.47. The molecule has 2 atom stereocenters. The number of amides is 2. The molecule has 9 heteroatoms. The summed E-state index contributed by atoms with van der Waals surface area (Å²) in [7, 11) is 0. The van der Waals surface area contributed by atoms with Crippen molar-refractivity contribution in [2.45, 2.75) is 77.0 Å². The number of carbonyl (C=O) groups is 2. The van der Waals surface area contributed by atoms with E-state index in [1.807, 2.05) is 6.92 Å². The summed E-state index contributed by atoms with van der Waals surface area (Å²) in [6.45, 7) is 3.31. The smallest absolute Gasteiger partial charge is 0.267 e. The molecule has 1 aliphatic heterocycles. The highest BCUT2D eigenvalue weighted by molar-refractivity contribution is 6.33. The molecule has 1 aliphatic carbocycles. The van der Waals surface area contributed by atoms with Crippen molar-refractivity contribution < 1.29 is 19.2 Å². The average molecular weight is 479 g/mol. The minimum Gasteiger partial charge on any atom is -0.357 e. The number of aromatic nitrogens is 1. The van der Waals surface area contributed by atoms with E-state index in [0.717, 1.165) is 25.8 Å². The van der Waals surface area contributed by atoms with E-state index in [1.165, 1.54) is 38.2 Å². The van der Waals surface area contributed by atoms with Crippen LogP contribution in [0.2, 0.25) is 5.02 Å². The topological polar surface area (TPSA) is 102 Å². The van der Waals surface area contributed by atoms with E-state index in [4.69, 9.17) is 21.2 Å². The van der Waals surface area contributed by atoms with Gasteiger partial charge in [-0.15, -0.1) is 0 Å². The highest BCUT2D eigenvalue weighted by Gasteiger charge is 2.20. The molecule has 1 unspecified atom stereocenters. The first-order valence-electron chi connectivity index (χ1n) is 12.0. The van der Waals surface area contributed by atoms with Crippen molar-refractivity contribution in [3.63, 3.8) is 0 Å². The summed E-state index contributed by atoms with van der Waals surface area (Å²) in [6.07, 6.45) is 13.7. The zero-order valence-electron chi connectivity index (χ0n) is 19.3. The van der Waals surface area contributed by atoms with Gasteiger partial charge in [-0.25, -0.2) is 15.3 Å². The fourth-order valence-electron chi connectivity index (χ4n) is 4.06. The van der Waals surface area contributed by atoms with Gasteiger partial charge >= 0.3 is 0 Å². The van der Waals surface area contributed by atoms with Crippen molar-refractivity contribution in [3.05, 3.63) is 28.9 Å². The zero-order valence-corrected chi connectivity index (χ0v) is 20.0. The van der Waals surface area contributed by atoms with E-state index < -0.39 is 18.2 Å². The van der Waals surface area contributed by atoms with Crippen molar-refractivity contribution in [2.24, 2.45) is 5.92 Å². The van der Waals surface area contributed by atoms with Gasteiger partial charge < -0.3 is 15.4 Å². The minimum absolute atomic E-state index is 0.0384. The Morgan fingerprint density at radius 1 is 1.24 bits per heavy atom. The molecule has 1 aromatic rings. The summed E-state index contributed by atoms with van der Waals surface area (Å²) in [5.41, 5.74) is 3.03. The summed E-state index contributed by atoms with van der Waals surface area (Å²) in [5, 5.41) is 6.59. The van der Waals surface area contributed by atoms with Crippen LogP contribution in [0.4, 0.5) is 5.82 Å². The Bertz CT molecular complexity index is 808. The van der Waals surface area contributed by atoms with Crippen LogP contribution in [-0.2, 0) is 19.2 Å². The second-order valence-corrected chi connectivity index (χ2v) is 9.07. The molecular formula is C24H35ClN4O4. The summed E-state index contributed by atoms with van der Waals surface area (Å²) < 4.78 is 5.40. The molecule has 8 nitrogen and oxygen atoms in total. The second-order valence-electron chi connectivity index (χ2n) is 8.67. The van der Waals surface area contributed by atoms with Crippen LogP contribution in [0.15, 0.2) is 18.3 Å². The van der Waals surface area contributed by atoms with Crippen LogP contribution in [-0.4, -0.2) is 42.3 Å². The number of anilines is 1. The third-order valence-electron chi connectivity index (χ3n) is 6.04. The average Bonchev–Trinajstić information content (AvgIpc) is 2.85. The molecule has 2 aliphatic rings. The molecule has 3 rings (SSSR count). The molecule has 182 valence electrons. The zero-order chi connectivity index (χ0) is 23.5. The van der Waals surface area contributed by atoms with E-state index in [0.29, 0.717) is 35.3 Å². The highest BCUT2D eigenvalue weighted by atomic mass is 35.5. The molecule has 0 radical (unpaired) electrons. The molecule has 1 saturated carbocycles. The summed E-state index contributed by atoms with van der Waals surface area (Å²) >= 11 is 6.38. The lowest BCUT2D eigenvalue weighted by Crippen LogP contribution is -2.41. The summed E-state index contributed by atoms with van der Waals surface area (Å²) in [5.74, 6) is 0.577. The van der Waals surface area contributed by atoms with Crippen molar-refractivity contribution in [1.29, 1.82) is 0 Å². The van der Waals surface area contributed by atoms with E-state index in [2.05, 4.69) is 21.1 Å². The quantitative estimate of drug-likeness (QED) is 0.344. The van der Waals surface area contributed by atoms with Gasteiger partial charge in [0.05, 0.1) is 5.02 Å². The van der Waals surface area contributed by atoms with Crippen LogP contribution in [0.3, 0.4) is 0 Å². The second kappa shape index (κ2) is 13.5. The predicted octanol–water partition coefficient (Wildman–Crippen LogP) is 4.21. The number of hydroxylamine groups is 1. The number of rotatable bonds is 10. The monoisotopic (exact) mass is 478 g/mol. The maximum Gasteiger partial charge on any atom is 0.267 e. The van der Waals surface area contributed by atoms with Gasteiger partial charge in [0, 0.05) is 31.8 Å². The molecule has 2 amide bonds. The number of nitrogens with one attached hydrogen (secondary N) is 3. The number of hydrogen-bond donors (Lipinski definition) is 3. The van der Waals surface area contributed by atoms with E-state index in [-0.39, 0.29) is 5.91 Å². The number of halogens is 1. The first kappa shape index (κ1) is 25.5. The van der Waals surface area contributed by atoms with Crippen LogP contribution >= 0.6 is 11.6 Å². The molecule has 33 heavy (non-hydrogen) atoms. The predicted molar refractivity (Wildman–Crippen MR) is 128 cm³/mol. The van der Waals surface area contributed by atoms with Crippen LogP contribution in [0.1, 0.15) is 70.3 Å². The molecule has 1 saturated heterocycles. The van der Waals surface area contributed by atoms with Gasteiger partial charge in [0.25, 0.3) is 5.91 Å². The van der Waals surface area contributed by atoms with E-state index >= 15 is 0 Å². The van der Waals surface area contributed by atoms with E-state index in [9.17, 15) is 9.59 Å². The lowest BCUT2D eigenvalue weighted by molar-refractivity contribution is -0.198. The van der Waals surface area contributed by atoms with Crippen LogP contribution in [0.5, 0.6) is 0 Å². The fraction of sp³-hybridized carbons (Fsp3) is 0.625. The standard InChI is InChI=1S/C24H35ClN4O4/c1-2-20(24(31)27-15-17-8-4-3-5-9-17)28-23-19(25)14-18(16-26-23)11-12-21(30)29-33-22-10-6-7-13-32-22/h11-12,14,16-17,20,22H,2-10,13,15H2,1H3,(H,26,28)(H,27,31)(H,29,30)/b12-11+/t20-,22?/m1/s1. The first-order chi connectivity index (χ1) is 16.0. The summed E-state index contributed by atoms with van der Waals surface area (Å²) in [6, 6.07) is 1.28. The van der Waals surface area contributed by atoms with Crippen molar-refractivity contribution in [3.8, 4) is 0 Å².